The van der Waals surface area contributed by atoms with E-state index < -0.39 is 5.54 Å². The van der Waals surface area contributed by atoms with E-state index in [4.69, 9.17) is 10.4 Å². The topological polar surface area (TPSA) is 73.1 Å². The molecule has 1 aliphatic carbocycles. The van der Waals surface area contributed by atoms with Crippen molar-refractivity contribution in [3.05, 3.63) is 0 Å². The fourth-order valence-corrected chi connectivity index (χ4v) is 2.09. The van der Waals surface area contributed by atoms with Crippen LogP contribution in [0.25, 0.3) is 0 Å². The smallest absolute Gasteiger partial charge is 0.231 e. The Hall–Kier alpha value is -0.730. The molecular formula is C11H18N2O2S. The Labute approximate surface area is 100 Å². The molecule has 0 saturated heterocycles. The summed E-state index contributed by atoms with van der Waals surface area (Å²) in [6, 6.07) is 2.18. The van der Waals surface area contributed by atoms with Gasteiger partial charge in [0.15, 0.2) is 0 Å². The van der Waals surface area contributed by atoms with Crippen molar-refractivity contribution in [2.24, 2.45) is 5.92 Å². The van der Waals surface area contributed by atoms with Gasteiger partial charge in [-0.2, -0.15) is 5.26 Å². The normalized spacial score (nSPS) is 20.6. The van der Waals surface area contributed by atoms with Crippen LogP contribution in [0.1, 0.15) is 26.7 Å². The monoisotopic (exact) mass is 242 g/mol. The summed E-state index contributed by atoms with van der Waals surface area (Å²) < 4.78 is 0. The van der Waals surface area contributed by atoms with Crippen LogP contribution in [0.4, 0.5) is 0 Å². The zero-order valence-corrected chi connectivity index (χ0v) is 10.5. The fourth-order valence-electron chi connectivity index (χ4n) is 1.48. The van der Waals surface area contributed by atoms with Gasteiger partial charge in [-0.25, -0.2) is 0 Å². The van der Waals surface area contributed by atoms with Crippen LogP contribution in [0.5, 0.6) is 0 Å². The van der Waals surface area contributed by atoms with E-state index in [0.717, 1.165) is 12.8 Å². The molecule has 4 nitrogen and oxygen atoms in total. The molecule has 0 heterocycles. The Kier molecular flexibility index (Phi) is 4.63. The molecular weight excluding hydrogens is 224 g/mol. The Morgan fingerprint density at radius 1 is 1.75 bits per heavy atom. The standard InChI is InChI=1S/C11H18N2O2S/c1-8(5-14)16-6-10(15)13-11(2,7-12)9-3-4-9/h8-9,14H,3-6H2,1-2H3,(H,13,15). The molecule has 1 fully saturated rings. The Morgan fingerprint density at radius 2 is 2.38 bits per heavy atom. The van der Waals surface area contributed by atoms with Crippen molar-refractivity contribution in [2.75, 3.05) is 12.4 Å². The van der Waals surface area contributed by atoms with Gasteiger partial charge in [0, 0.05) is 5.25 Å². The van der Waals surface area contributed by atoms with E-state index in [-0.39, 0.29) is 17.8 Å². The van der Waals surface area contributed by atoms with Crippen LogP contribution in [-0.2, 0) is 4.79 Å². The molecule has 90 valence electrons. The average Bonchev–Trinajstić information content (AvgIpc) is 3.09. The number of amides is 1. The van der Waals surface area contributed by atoms with Crippen LogP contribution >= 0.6 is 11.8 Å². The molecule has 0 aliphatic heterocycles. The van der Waals surface area contributed by atoms with Gasteiger partial charge in [-0.15, -0.1) is 11.8 Å². The van der Waals surface area contributed by atoms with Gasteiger partial charge in [0.25, 0.3) is 0 Å². The number of nitriles is 1. The van der Waals surface area contributed by atoms with E-state index >= 15 is 0 Å². The van der Waals surface area contributed by atoms with Crippen molar-refractivity contribution in [1.82, 2.24) is 5.32 Å². The summed E-state index contributed by atoms with van der Waals surface area (Å²) in [6.45, 7) is 3.71. The molecule has 0 aromatic rings. The summed E-state index contributed by atoms with van der Waals surface area (Å²) in [5.74, 6) is 0.481. The molecule has 1 saturated carbocycles. The minimum atomic E-state index is -0.708. The number of carbonyl (C=O) groups is 1. The maximum absolute atomic E-state index is 11.6. The number of nitrogens with zero attached hydrogens (tertiary/aromatic N) is 1. The highest BCUT2D eigenvalue weighted by Gasteiger charge is 2.42. The maximum atomic E-state index is 11.6. The lowest BCUT2D eigenvalue weighted by Gasteiger charge is -2.23. The lowest BCUT2D eigenvalue weighted by Crippen LogP contribution is -2.47. The van der Waals surface area contributed by atoms with E-state index in [9.17, 15) is 4.79 Å². The highest BCUT2D eigenvalue weighted by molar-refractivity contribution is 8.00. The Morgan fingerprint density at radius 3 is 2.81 bits per heavy atom. The van der Waals surface area contributed by atoms with Crippen LogP contribution < -0.4 is 5.32 Å². The van der Waals surface area contributed by atoms with Crippen molar-refractivity contribution < 1.29 is 9.90 Å². The Balaban J connectivity index is 2.35. The molecule has 16 heavy (non-hydrogen) atoms. The van der Waals surface area contributed by atoms with Crippen LogP contribution in [0.3, 0.4) is 0 Å². The van der Waals surface area contributed by atoms with Crippen LogP contribution in [0.2, 0.25) is 0 Å². The molecule has 1 rings (SSSR count). The Bertz CT molecular complexity index is 299. The molecule has 0 aromatic heterocycles. The molecule has 1 amide bonds. The predicted octanol–water partition coefficient (Wildman–Crippen LogP) is 0.909. The summed E-state index contributed by atoms with van der Waals surface area (Å²) >= 11 is 1.40. The van der Waals surface area contributed by atoms with Gasteiger partial charge in [0.1, 0.15) is 5.54 Å². The average molecular weight is 242 g/mol. The molecule has 1 aliphatic rings. The number of carbonyl (C=O) groups excluding carboxylic acids is 1. The second kappa shape index (κ2) is 5.55. The quantitative estimate of drug-likeness (QED) is 0.726. The zero-order chi connectivity index (χ0) is 12.2. The van der Waals surface area contributed by atoms with Crippen molar-refractivity contribution in [1.29, 1.82) is 5.26 Å². The van der Waals surface area contributed by atoms with Gasteiger partial charge in [-0.1, -0.05) is 6.92 Å². The molecule has 0 radical (unpaired) electrons. The highest BCUT2D eigenvalue weighted by atomic mass is 32.2. The second-order valence-electron chi connectivity index (χ2n) is 4.44. The molecule has 5 heteroatoms. The number of rotatable bonds is 6. The molecule has 2 unspecified atom stereocenters. The number of thioether (sulfide) groups is 1. The lowest BCUT2D eigenvalue weighted by atomic mass is 9.98. The van der Waals surface area contributed by atoms with Crippen LogP contribution in [0.15, 0.2) is 0 Å². The third-order valence-electron chi connectivity index (χ3n) is 2.78. The maximum Gasteiger partial charge on any atom is 0.231 e. The van der Waals surface area contributed by atoms with Crippen molar-refractivity contribution in [3.63, 3.8) is 0 Å². The number of nitrogens with one attached hydrogen (secondary N) is 1. The number of aliphatic hydroxyl groups excluding tert-OH is 1. The summed E-state index contributed by atoms with van der Waals surface area (Å²) in [6.07, 6.45) is 2.04. The fraction of sp³-hybridized carbons (Fsp3) is 0.818. The van der Waals surface area contributed by atoms with Gasteiger partial charge in [-0.3, -0.25) is 4.79 Å². The van der Waals surface area contributed by atoms with Crippen LogP contribution in [-0.4, -0.2) is 34.2 Å². The van der Waals surface area contributed by atoms with E-state index in [1.807, 2.05) is 6.92 Å². The molecule has 0 aromatic carbocycles. The zero-order valence-electron chi connectivity index (χ0n) is 9.69. The summed E-state index contributed by atoms with van der Waals surface area (Å²) in [5.41, 5.74) is -0.708. The van der Waals surface area contributed by atoms with Gasteiger partial charge >= 0.3 is 0 Å². The third kappa shape index (κ3) is 3.69. The number of hydrogen-bond acceptors (Lipinski definition) is 4. The molecule has 2 N–H and O–H groups in total. The van der Waals surface area contributed by atoms with E-state index in [1.165, 1.54) is 11.8 Å². The predicted molar refractivity (Wildman–Crippen MR) is 63.9 cm³/mol. The van der Waals surface area contributed by atoms with Gasteiger partial charge in [-0.05, 0) is 25.7 Å². The van der Waals surface area contributed by atoms with E-state index in [2.05, 4.69) is 11.4 Å². The summed E-state index contributed by atoms with van der Waals surface area (Å²) in [4.78, 5) is 11.6. The first-order valence-corrected chi connectivity index (χ1v) is 6.51. The second-order valence-corrected chi connectivity index (χ2v) is 5.87. The summed E-state index contributed by atoms with van der Waals surface area (Å²) in [7, 11) is 0. The molecule has 0 bridgehead atoms. The van der Waals surface area contributed by atoms with Gasteiger partial charge < -0.3 is 10.4 Å². The number of hydrogen-bond donors (Lipinski definition) is 2. The van der Waals surface area contributed by atoms with Crippen molar-refractivity contribution in [3.8, 4) is 6.07 Å². The van der Waals surface area contributed by atoms with Crippen LogP contribution in [0, 0.1) is 17.2 Å². The first-order chi connectivity index (χ1) is 7.51. The first-order valence-electron chi connectivity index (χ1n) is 5.46. The molecule has 2 atom stereocenters. The van der Waals surface area contributed by atoms with Crippen molar-refractivity contribution >= 4 is 17.7 Å². The van der Waals surface area contributed by atoms with Gasteiger partial charge in [0.2, 0.25) is 5.91 Å². The lowest BCUT2D eigenvalue weighted by molar-refractivity contribution is -0.119. The largest absolute Gasteiger partial charge is 0.395 e. The van der Waals surface area contributed by atoms with E-state index in [1.54, 1.807) is 6.92 Å². The first kappa shape index (κ1) is 13.3. The minimum absolute atomic E-state index is 0.0556. The molecule has 0 spiro atoms. The van der Waals surface area contributed by atoms with Crippen molar-refractivity contribution in [2.45, 2.75) is 37.5 Å². The summed E-state index contributed by atoms with van der Waals surface area (Å²) in [5, 5.41) is 20.7. The SMILES string of the molecule is CC(CO)SCC(=O)NC(C)(C#N)C1CC1. The third-order valence-corrected chi connectivity index (χ3v) is 3.93. The minimum Gasteiger partial charge on any atom is -0.395 e. The van der Waals surface area contributed by atoms with Gasteiger partial charge in [0.05, 0.1) is 18.4 Å². The highest BCUT2D eigenvalue weighted by Crippen LogP contribution is 2.39. The number of aliphatic hydroxyl groups is 1. The van der Waals surface area contributed by atoms with E-state index in [0.29, 0.717) is 11.7 Å².